The van der Waals surface area contributed by atoms with E-state index in [1.807, 2.05) is 40.0 Å². The molecule has 0 spiro atoms. The highest BCUT2D eigenvalue weighted by Gasteiger charge is 2.17. The third-order valence-electron chi connectivity index (χ3n) is 3.81. The van der Waals surface area contributed by atoms with E-state index in [0.29, 0.717) is 6.04 Å². The van der Waals surface area contributed by atoms with Gasteiger partial charge in [0.1, 0.15) is 5.75 Å². The number of hydrogen-bond acceptors (Lipinski definition) is 3. The number of nitrogens with one attached hydrogen (secondary N) is 2. The van der Waals surface area contributed by atoms with Crippen LogP contribution in [0.1, 0.15) is 51.3 Å². The van der Waals surface area contributed by atoms with Crippen LogP contribution in [-0.2, 0) is 4.79 Å². The summed E-state index contributed by atoms with van der Waals surface area (Å²) in [6.45, 7) is 9.92. The van der Waals surface area contributed by atoms with Gasteiger partial charge < -0.3 is 15.4 Å². The zero-order chi connectivity index (χ0) is 16.0. The molecule has 118 valence electrons. The molecule has 4 nitrogen and oxygen atoms in total. The molecule has 0 bridgehead atoms. The van der Waals surface area contributed by atoms with Gasteiger partial charge >= 0.3 is 0 Å². The summed E-state index contributed by atoms with van der Waals surface area (Å²) in [5.74, 6) is 0.685. The minimum Gasteiger partial charge on any atom is -0.481 e. The summed E-state index contributed by atoms with van der Waals surface area (Å²) in [7, 11) is 1.94. The number of amides is 1. The number of benzene rings is 1. The van der Waals surface area contributed by atoms with Gasteiger partial charge in [0.2, 0.25) is 0 Å². The van der Waals surface area contributed by atoms with Crippen molar-refractivity contribution in [3.05, 3.63) is 29.3 Å². The van der Waals surface area contributed by atoms with Gasteiger partial charge in [-0.15, -0.1) is 0 Å². The Morgan fingerprint density at radius 3 is 2.48 bits per heavy atom. The smallest absolute Gasteiger partial charge is 0.260 e. The molecule has 4 heteroatoms. The Kier molecular flexibility index (Phi) is 6.69. The average Bonchev–Trinajstić information content (AvgIpc) is 2.47. The lowest BCUT2D eigenvalue weighted by Gasteiger charge is -2.20. The molecule has 1 rings (SSSR count). The largest absolute Gasteiger partial charge is 0.481 e. The summed E-state index contributed by atoms with van der Waals surface area (Å²) in [5, 5.41) is 6.14. The first-order valence-corrected chi connectivity index (χ1v) is 7.63. The zero-order valence-electron chi connectivity index (χ0n) is 14.0. The number of hydrogen-bond donors (Lipinski definition) is 2. The van der Waals surface area contributed by atoms with Gasteiger partial charge in [0.25, 0.3) is 5.91 Å². The van der Waals surface area contributed by atoms with Gasteiger partial charge in [0, 0.05) is 12.1 Å². The molecular weight excluding hydrogens is 264 g/mol. The van der Waals surface area contributed by atoms with Crippen LogP contribution in [0.5, 0.6) is 5.75 Å². The van der Waals surface area contributed by atoms with Crippen molar-refractivity contribution in [2.24, 2.45) is 0 Å². The van der Waals surface area contributed by atoms with E-state index in [0.717, 1.165) is 17.7 Å². The molecule has 3 atom stereocenters. The van der Waals surface area contributed by atoms with E-state index in [-0.39, 0.29) is 11.9 Å². The Labute approximate surface area is 128 Å². The standard InChI is InChI=1S/C17H28N2O2/c1-7-12(3)19-17(20)14(5)21-16-9-8-15(10-11(16)2)13(4)18-6/h8-10,12-14,18H,7H2,1-6H3,(H,19,20). The van der Waals surface area contributed by atoms with Gasteiger partial charge in [-0.05, 0) is 58.4 Å². The third kappa shape index (κ3) is 5.05. The van der Waals surface area contributed by atoms with E-state index in [1.54, 1.807) is 6.92 Å². The lowest BCUT2D eigenvalue weighted by Crippen LogP contribution is -2.41. The number of ether oxygens (including phenoxy) is 1. The van der Waals surface area contributed by atoms with Gasteiger partial charge in [-0.2, -0.15) is 0 Å². The average molecular weight is 292 g/mol. The summed E-state index contributed by atoms with van der Waals surface area (Å²) in [5.41, 5.74) is 2.25. The monoisotopic (exact) mass is 292 g/mol. The lowest BCUT2D eigenvalue weighted by molar-refractivity contribution is -0.127. The molecule has 0 aliphatic heterocycles. The molecule has 2 N–H and O–H groups in total. The van der Waals surface area contributed by atoms with Crippen molar-refractivity contribution in [1.82, 2.24) is 10.6 Å². The number of aryl methyl sites for hydroxylation is 1. The van der Waals surface area contributed by atoms with Crippen LogP contribution in [0.4, 0.5) is 0 Å². The van der Waals surface area contributed by atoms with Crippen molar-refractivity contribution in [2.45, 2.75) is 59.2 Å². The second kappa shape index (κ2) is 8.03. The Morgan fingerprint density at radius 1 is 1.29 bits per heavy atom. The maximum absolute atomic E-state index is 12.0. The van der Waals surface area contributed by atoms with E-state index in [9.17, 15) is 4.79 Å². The highest BCUT2D eigenvalue weighted by Crippen LogP contribution is 2.23. The molecule has 1 aromatic rings. The zero-order valence-corrected chi connectivity index (χ0v) is 14.0. The molecule has 0 saturated carbocycles. The van der Waals surface area contributed by atoms with Crippen molar-refractivity contribution in [3.8, 4) is 5.75 Å². The van der Waals surface area contributed by atoms with Crippen LogP contribution in [0.25, 0.3) is 0 Å². The summed E-state index contributed by atoms with van der Waals surface area (Å²) in [6.07, 6.45) is 0.416. The van der Waals surface area contributed by atoms with Crippen molar-refractivity contribution >= 4 is 5.91 Å². The molecular formula is C17H28N2O2. The quantitative estimate of drug-likeness (QED) is 0.812. The van der Waals surface area contributed by atoms with Crippen LogP contribution in [-0.4, -0.2) is 25.1 Å². The normalized spacial score (nSPS) is 15.1. The lowest BCUT2D eigenvalue weighted by atomic mass is 10.1. The Bertz CT molecular complexity index is 474. The van der Waals surface area contributed by atoms with Crippen LogP contribution in [0.2, 0.25) is 0 Å². The van der Waals surface area contributed by atoms with E-state index in [1.165, 1.54) is 5.56 Å². The van der Waals surface area contributed by atoms with Gasteiger partial charge in [-0.1, -0.05) is 19.1 Å². The Balaban J connectivity index is 2.72. The van der Waals surface area contributed by atoms with Crippen LogP contribution in [0, 0.1) is 6.92 Å². The molecule has 3 unspecified atom stereocenters. The SMILES string of the molecule is CCC(C)NC(=O)C(C)Oc1ccc(C(C)NC)cc1C. The van der Waals surface area contributed by atoms with Gasteiger partial charge in [-0.25, -0.2) is 0 Å². The molecule has 0 aromatic heterocycles. The summed E-state index contributed by atoms with van der Waals surface area (Å²) < 4.78 is 5.79. The molecule has 0 fully saturated rings. The van der Waals surface area contributed by atoms with Gasteiger partial charge in [0.15, 0.2) is 6.10 Å². The first-order valence-electron chi connectivity index (χ1n) is 7.63. The first-order chi connectivity index (χ1) is 9.88. The molecule has 0 aliphatic rings. The second-order valence-corrected chi connectivity index (χ2v) is 5.61. The van der Waals surface area contributed by atoms with Crippen molar-refractivity contribution < 1.29 is 9.53 Å². The summed E-state index contributed by atoms with van der Waals surface area (Å²) >= 11 is 0. The number of carbonyl (C=O) groups is 1. The van der Waals surface area contributed by atoms with Gasteiger partial charge in [0.05, 0.1) is 0 Å². The molecule has 1 aromatic carbocycles. The minimum atomic E-state index is -0.495. The summed E-state index contributed by atoms with van der Waals surface area (Å²) in [4.78, 5) is 12.0. The fourth-order valence-corrected chi connectivity index (χ4v) is 1.95. The predicted molar refractivity (Wildman–Crippen MR) is 86.6 cm³/mol. The molecule has 0 radical (unpaired) electrons. The third-order valence-corrected chi connectivity index (χ3v) is 3.81. The molecule has 0 saturated heterocycles. The van der Waals surface area contributed by atoms with E-state index in [2.05, 4.69) is 23.6 Å². The van der Waals surface area contributed by atoms with Crippen LogP contribution < -0.4 is 15.4 Å². The van der Waals surface area contributed by atoms with Crippen molar-refractivity contribution in [3.63, 3.8) is 0 Å². The fourth-order valence-electron chi connectivity index (χ4n) is 1.95. The van der Waals surface area contributed by atoms with Crippen molar-refractivity contribution in [2.75, 3.05) is 7.05 Å². The van der Waals surface area contributed by atoms with E-state index >= 15 is 0 Å². The Morgan fingerprint density at radius 2 is 1.95 bits per heavy atom. The maximum Gasteiger partial charge on any atom is 0.260 e. The molecule has 1 amide bonds. The minimum absolute atomic E-state index is 0.0728. The topological polar surface area (TPSA) is 50.4 Å². The second-order valence-electron chi connectivity index (χ2n) is 5.61. The van der Waals surface area contributed by atoms with Crippen molar-refractivity contribution in [1.29, 1.82) is 0 Å². The molecule has 0 aliphatic carbocycles. The summed E-state index contributed by atoms with van der Waals surface area (Å²) in [6, 6.07) is 6.52. The highest BCUT2D eigenvalue weighted by atomic mass is 16.5. The molecule has 21 heavy (non-hydrogen) atoms. The van der Waals surface area contributed by atoms with Crippen LogP contribution in [0.3, 0.4) is 0 Å². The highest BCUT2D eigenvalue weighted by molar-refractivity contribution is 5.81. The fraction of sp³-hybridized carbons (Fsp3) is 0.588. The van der Waals surface area contributed by atoms with E-state index < -0.39 is 6.10 Å². The Hall–Kier alpha value is -1.55. The van der Waals surface area contributed by atoms with Gasteiger partial charge in [-0.3, -0.25) is 4.79 Å². The van der Waals surface area contributed by atoms with Crippen LogP contribution >= 0.6 is 0 Å². The maximum atomic E-state index is 12.0. The number of carbonyl (C=O) groups excluding carboxylic acids is 1. The van der Waals surface area contributed by atoms with E-state index in [4.69, 9.17) is 4.74 Å². The first kappa shape index (κ1) is 17.5. The van der Waals surface area contributed by atoms with Crippen LogP contribution in [0.15, 0.2) is 18.2 Å². The molecule has 0 heterocycles. The predicted octanol–water partition coefficient (Wildman–Crippen LogP) is 2.96. The number of rotatable bonds is 7.